The fraction of sp³-hybridized carbons (Fsp3) is 0.588. The van der Waals surface area contributed by atoms with E-state index in [1.807, 2.05) is 0 Å². The zero-order valence-corrected chi connectivity index (χ0v) is 14.2. The average molecular weight is 357 g/mol. The first-order valence-corrected chi connectivity index (χ1v) is 9.12. The van der Waals surface area contributed by atoms with Gasteiger partial charge in [-0.3, -0.25) is 23.5 Å². The van der Waals surface area contributed by atoms with E-state index in [0.29, 0.717) is 24.9 Å². The second-order valence-corrected chi connectivity index (χ2v) is 7.58. The van der Waals surface area contributed by atoms with Crippen molar-refractivity contribution in [1.82, 2.24) is 19.1 Å². The quantitative estimate of drug-likeness (QED) is 0.777. The first kappa shape index (κ1) is 15.5. The standard InChI is InChI=1S/C17H19N5O4/c23-11-5-6-12(24)22(11)16-18-13-14(19-16)20(7-9-1-2-9)17(26)21(15(13)25)8-10-3-4-10/h9-10H,1-8H2,(H,18,19). The van der Waals surface area contributed by atoms with Gasteiger partial charge in [-0.15, -0.1) is 0 Å². The van der Waals surface area contributed by atoms with Crippen LogP contribution < -0.4 is 16.1 Å². The number of rotatable bonds is 5. The smallest absolute Gasteiger partial charge is 0.317 e. The summed E-state index contributed by atoms with van der Waals surface area (Å²) in [7, 11) is 0. The molecular weight excluding hydrogens is 338 g/mol. The molecule has 0 unspecified atom stereocenters. The molecule has 9 heteroatoms. The van der Waals surface area contributed by atoms with Crippen LogP contribution in [0.4, 0.5) is 5.95 Å². The van der Waals surface area contributed by atoms with Crippen molar-refractivity contribution in [2.45, 2.75) is 51.6 Å². The third-order valence-corrected chi connectivity index (χ3v) is 5.39. The van der Waals surface area contributed by atoms with Gasteiger partial charge in [-0.05, 0) is 37.5 Å². The number of carbonyl (C=O) groups is 2. The van der Waals surface area contributed by atoms with Crippen LogP contribution in [-0.4, -0.2) is 30.9 Å². The highest BCUT2D eigenvalue weighted by Crippen LogP contribution is 2.32. The molecule has 5 rings (SSSR count). The third-order valence-electron chi connectivity index (χ3n) is 5.39. The number of amides is 2. The number of hydrogen-bond acceptors (Lipinski definition) is 5. The number of nitrogens with zero attached hydrogens (tertiary/aromatic N) is 4. The molecule has 2 saturated carbocycles. The number of H-pyrrole nitrogens is 1. The predicted octanol–water partition coefficient (Wildman–Crippen LogP) is 0.360. The van der Waals surface area contributed by atoms with Crippen molar-refractivity contribution in [2.75, 3.05) is 4.90 Å². The van der Waals surface area contributed by atoms with E-state index in [2.05, 4.69) is 9.97 Å². The zero-order valence-electron chi connectivity index (χ0n) is 14.2. The van der Waals surface area contributed by atoms with Gasteiger partial charge < -0.3 is 4.98 Å². The van der Waals surface area contributed by atoms with Crippen LogP contribution in [0, 0.1) is 11.8 Å². The Bertz CT molecular complexity index is 1040. The summed E-state index contributed by atoms with van der Waals surface area (Å²) in [6, 6.07) is 0. The number of imidazole rings is 1. The number of aromatic nitrogens is 4. The maximum Gasteiger partial charge on any atom is 0.332 e. The minimum Gasteiger partial charge on any atom is -0.317 e. The second-order valence-electron chi connectivity index (χ2n) is 7.58. The van der Waals surface area contributed by atoms with Crippen molar-refractivity contribution in [3.63, 3.8) is 0 Å². The summed E-state index contributed by atoms with van der Waals surface area (Å²) in [6.45, 7) is 0.917. The minimum absolute atomic E-state index is 0.0396. The van der Waals surface area contributed by atoms with Crippen LogP contribution in [-0.2, 0) is 22.7 Å². The fourth-order valence-electron chi connectivity index (χ4n) is 3.52. The Morgan fingerprint density at radius 3 is 2.04 bits per heavy atom. The Labute approximate surface area is 147 Å². The van der Waals surface area contributed by atoms with Crippen molar-refractivity contribution in [3.05, 3.63) is 20.8 Å². The number of anilines is 1. The van der Waals surface area contributed by atoms with Crippen LogP contribution >= 0.6 is 0 Å². The second kappa shape index (κ2) is 5.39. The van der Waals surface area contributed by atoms with E-state index >= 15 is 0 Å². The Balaban J connectivity index is 1.70. The fourth-order valence-corrected chi connectivity index (χ4v) is 3.52. The van der Waals surface area contributed by atoms with E-state index in [1.165, 1.54) is 9.13 Å². The van der Waals surface area contributed by atoms with Gasteiger partial charge in [0.2, 0.25) is 17.8 Å². The number of fused-ring (bicyclic) bond motifs is 1. The molecule has 3 heterocycles. The summed E-state index contributed by atoms with van der Waals surface area (Å²) in [6.07, 6.45) is 4.43. The lowest BCUT2D eigenvalue weighted by molar-refractivity contribution is -0.121. The maximum atomic E-state index is 12.9. The van der Waals surface area contributed by atoms with Crippen molar-refractivity contribution in [3.8, 4) is 0 Å². The third kappa shape index (κ3) is 2.41. The highest BCUT2D eigenvalue weighted by Gasteiger charge is 2.34. The highest BCUT2D eigenvalue weighted by molar-refractivity contribution is 6.19. The monoisotopic (exact) mass is 357 g/mol. The van der Waals surface area contributed by atoms with Crippen molar-refractivity contribution >= 4 is 28.9 Å². The van der Waals surface area contributed by atoms with Crippen LogP contribution in [0.3, 0.4) is 0 Å². The topological polar surface area (TPSA) is 110 Å². The summed E-state index contributed by atoms with van der Waals surface area (Å²) in [5, 5.41) is 0. The molecule has 0 spiro atoms. The molecule has 0 aromatic carbocycles. The molecule has 2 aromatic rings. The zero-order chi connectivity index (χ0) is 18.0. The molecular formula is C17H19N5O4. The van der Waals surface area contributed by atoms with E-state index in [9.17, 15) is 19.2 Å². The van der Waals surface area contributed by atoms with E-state index in [-0.39, 0.29) is 47.5 Å². The van der Waals surface area contributed by atoms with E-state index in [4.69, 9.17) is 0 Å². The SMILES string of the molecule is O=C1CCC(=O)N1c1nc2c([nH]1)c(=O)n(CC1CC1)c(=O)n2CC1CC1. The van der Waals surface area contributed by atoms with Gasteiger partial charge in [-0.1, -0.05) is 0 Å². The number of nitrogens with one attached hydrogen (secondary N) is 1. The highest BCUT2D eigenvalue weighted by atomic mass is 16.2. The summed E-state index contributed by atoms with van der Waals surface area (Å²) in [5.74, 6) is 0.138. The minimum atomic E-state index is -0.429. The molecule has 3 aliphatic rings. The van der Waals surface area contributed by atoms with Gasteiger partial charge >= 0.3 is 5.69 Å². The van der Waals surface area contributed by atoms with Gasteiger partial charge in [0.1, 0.15) is 0 Å². The molecule has 2 aromatic heterocycles. The van der Waals surface area contributed by atoms with Crippen molar-refractivity contribution in [2.24, 2.45) is 11.8 Å². The lowest BCUT2D eigenvalue weighted by atomic mass is 10.3. The summed E-state index contributed by atoms with van der Waals surface area (Å²) >= 11 is 0. The van der Waals surface area contributed by atoms with Gasteiger partial charge in [0.05, 0.1) is 0 Å². The van der Waals surface area contributed by atoms with Crippen LogP contribution in [0.5, 0.6) is 0 Å². The van der Waals surface area contributed by atoms with Gasteiger partial charge in [0.15, 0.2) is 11.2 Å². The Hall–Kier alpha value is -2.71. The molecule has 1 N–H and O–H groups in total. The number of hydrogen-bond donors (Lipinski definition) is 1. The normalized spacial score (nSPS) is 20.5. The van der Waals surface area contributed by atoms with Crippen LogP contribution in [0.15, 0.2) is 9.59 Å². The molecule has 1 saturated heterocycles. The summed E-state index contributed by atoms with van der Waals surface area (Å²) < 4.78 is 2.81. The van der Waals surface area contributed by atoms with Crippen LogP contribution in [0.25, 0.3) is 11.2 Å². The number of carbonyl (C=O) groups excluding carboxylic acids is 2. The predicted molar refractivity (Wildman–Crippen MR) is 91.8 cm³/mol. The van der Waals surface area contributed by atoms with E-state index < -0.39 is 5.56 Å². The molecule has 26 heavy (non-hydrogen) atoms. The molecule has 9 nitrogen and oxygen atoms in total. The van der Waals surface area contributed by atoms with Gasteiger partial charge in [0, 0.05) is 25.9 Å². The maximum absolute atomic E-state index is 12.9. The van der Waals surface area contributed by atoms with Crippen molar-refractivity contribution in [1.29, 1.82) is 0 Å². The first-order chi connectivity index (χ1) is 12.5. The summed E-state index contributed by atoms with van der Waals surface area (Å²) in [5.41, 5.74) is -0.352. The largest absolute Gasteiger partial charge is 0.332 e. The number of aromatic amines is 1. The van der Waals surface area contributed by atoms with Gasteiger partial charge in [-0.25, -0.2) is 9.69 Å². The Morgan fingerprint density at radius 2 is 1.46 bits per heavy atom. The molecule has 1 aliphatic heterocycles. The lowest BCUT2D eigenvalue weighted by Gasteiger charge is -2.10. The molecule has 0 radical (unpaired) electrons. The summed E-state index contributed by atoms with van der Waals surface area (Å²) in [4.78, 5) is 57.9. The average Bonchev–Trinajstić information content (AvgIpc) is 3.53. The van der Waals surface area contributed by atoms with E-state index in [1.54, 1.807) is 0 Å². The van der Waals surface area contributed by atoms with Crippen LogP contribution in [0.2, 0.25) is 0 Å². The molecule has 3 fully saturated rings. The molecule has 0 bridgehead atoms. The molecule has 136 valence electrons. The van der Waals surface area contributed by atoms with Gasteiger partial charge in [0.25, 0.3) is 5.56 Å². The molecule has 2 amide bonds. The molecule has 0 atom stereocenters. The Morgan fingerprint density at radius 1 is 0.885 bits per heavy atom. The molecule has 2 aliphatic carbocycles. The van der Waals surface area contributed by atoms with Crippen LogP contribution in [0.1, 0.15) is 38.5 Å². The first-order valence-electron chi connectivity index (χ1n) is 9.12. The lowest BCUT2D eigenvalue weighted by Crippen LogP contribution is -2.41. The van der Waals surface area contributed by atoms with E-state index in [0.717, 1.165) is 30.6 Å². The number of imide groups is 1. The Kier molecular flexibility index (Phi) is 3.22. The van der Waals surface area contributed by atoms with Crippen molar-refractivity contribution < 1.29 is 9.59 Å². The van der Waals surface area contributed by atoms with Gasteiger partial charge in [-0.2, -0.15) is 4.98 Å².